The Labute approximate surface area is 62.4 Å². The highest BCUT2D eigenvalue weighted by Crippen LogP contribution is 2.40. The molecule has 1 heteroatoms. The van der Waals surface area contributed by atoms with E-state index in [9.17, 15) is 0 Å². The van der Waals surface area contributed by atoms with E-state index in [-0.39, 0.29) is 0 Å². The van der Waals surface area contributed by atoms with Crippen molar-refractivity contribution < 1.29 is 0 Å². The molecule has 1 nitrogen and oxygen atoms in total. The minimum Gasteiger partial charge on any atom is -0.193 e. The summed E-state index contributed by atoms with van der Waals surface area (Å²) in [6, 6.07) is 2.09. The van der Waals surface area contributed by atoms with Gasteiger partial charge in [0.15, 0.2) is 0 Å². The lowest BCUT2D eigenvalue weighted by atomic mass is 9.92. The third-order valence-corrected chi connectivity index (χ3v) is 2.10. The first-order valence-corrected chi connectivity index (χ1v) is 3.72. The Bertz CT molecular complexity index is 193. The molecule has 0 unspecified atom stereocenters. The van der Waals surface area contributed by atoms with Gasteiger partial charge < -0.3 is 0 Å². The molecule has 1 rings (SSSR count). The zero-order valence-corrected chi connectivity index (χ0v) is 6.65. The van der Waals surface area contributed by atoms with Gasteiger partial charge in [-0.3, -0.25) is 0 Å². The van der Waals surface area contributed by atoms with Crippen LogP contribution < -0.4 is 0 Å². The van der Waals surface area contributed by atoms with Gasteiger partial charge in [-0.1, -0.05) is 19.4 Å². The minimum absolute atomic E-state index is 0.447. The minimum atomic E-state index is 0.447. The number of allylic oxidation sites excluding steroid dienone is 2. The maximum absolute atomic E-state index is 8.37. The molecule has 0 radical (unpaired) electrons. The highest BCUT2D eigenvalue weighted by molar-refractivity contribution is 5.18. The van der Waals surface area contributed by atoms with Crippen molar-refractivity contribution in [3.63, 3.8) is 0 Å². The van der Waals surface area contributed by atoms with Gasteiger partial charge in [0.2, 0.25) is 0 Å². The molecular formula is C9H13N. The van der Waals surface area contributed by atoms with Gasteiger partial charge in [-0.2, -0.15) is 5.26 Å². The number of nitrogens with zero attached hydrogens (tertiary/aromatic N) is 1. The molecule has 1 fully saturated rings. The fourth-order valence-electron chi connectivity index (χ4n) is 1.50. The Balaban J connectivity index is 2.61. The smallest absolute Gasteiger partial charge is 0.0911 e. The van der Waals surface area contributed by atoms with Gasteiger partial charge in [0.05, 0.1) is 6.07 Å². The Morgan fingerprint density at radius 1 is 1.60 bits per heavy atom. The van der Waals surface area contributed by atoms with Gasteiger partial charge in [-0.15, -0.1) is 0 Å². The standard InChI is InChI=1S/C9H13N/c1-9(2)5-3-8(7-9)4-6-10/h4H,3,5,7H2,1-2H3. The fraction of sp³-hybridized carbons (Fsp3) is 0.667. The average molecular weight is 135 g/mol. The van der Waals surface area contributed by atoms with Gasteiger partial charge in [0.25, 0.3) is 0 Å². The van der Waals surface area contributed by atoms with Crippen molar-refractivity contribution in [2.75, 3.05) is 0 Å². The molecule has 0 aromatic carbocycles. The molecular weight excluding hydrogens is 122 g/mol. The van der Waals surface area contributed by atoms with Crippen LogP contribution in [-0.2, 0) is 0 Å². The molecule has 0 amide bonds. The predicted molar refractivity (Wildman–Crippen MR) is 41.3 cm³/mol. The van der Waals surface area contributed by atoms with Crippen LogP contribution in [-0.4, -0.2) is 0 Å². The van der Waals surface area contributed by atoms with E-state index in [1.807, 2.05) is 0 Å². The van der Waals surface area contributed by atoms with Crippen molar-refractivity contribution in [1.29, 1.82) is 5.26 Å². The van der Waals surface area contributed by atoms with Gasteiger partial charge in [-0.25, -0.2) is 0 Å². The van der Waals surface area contributed by atoms with Crippen molar-refractivity contribution >= 4 is 0 Å². The molecule has 10 heavy (non-hydrogen) atoms. The second-order valence-electron chi connectivity index (χ2n) is 3.77. The number of hydrogen-bond donors (Lipinski definition) is 0. The molecule has 0 aromatic rings. The van der Waals surface area contributed by atoms with E-state index in [0.29, 0.717) is 5.41 Å². The third kappa shape index (κ3) is 1.60. The Morgan fingerprint density at radius 3 is 2.70 bits per heavy atom. The molecule has 0 aliphatic heterocycles. The maximum Gasteiger partial charge on any atom is 0.0911 e. The van der Waals surface area contributed by atoms with E-state index in [2.05, 4.69) is 19.9 Å². The first-order valence-electron chi connectivity index (χ1n) is 3.72. The summed E-state index contributed by atoms with van der Waals surface area (Å²) in [5, 5.41) is 8.37. The fourth-order valence-corrected chi connectivity index (χ4v) is 1.50. The lowest BCUT2D eigenvalue weighted by Crippen LogP contribution is -2.02. The first kappa shape index (κ1) is 7.34. The molecule has 0 N–H and O–H groups in total. The van der Waals surface area contributed by atoms with Crippen molar-refractivity contribution in [3.8, 4) is 6.07 Å². The van der Waals surface area contributed by atoms with Crippen molar-refractivity contribution in [3.05, 3.63) is 11.6 Å². The number of nitriles is 1. The van der Waals surface area contributed by atoms with E-state index in [4.69, 9.17) is 5.26 Å². The van der Waals surface area contributed by atoms with E-state index in [0.717, 1.165) is 12.8 Å². The highest BCUT2D eigenvalue weighted by Gasteiger charge is 2.25. The average Bonchev–Trinajstić information content (AvgIpc) is 2.12. The molecule has 0 atom stereocenters. The summed E-state index contributed by atoms with van der Waals surface area (Å²) >= 11 is 0. The summed E-state index contributed by atoms with van der Waals surface area (Å²) in [6.45, 7) is 4.51. The van der Waals surface area contributed by atoms with Gasteiger partial charge >= 0.3 is 0 Å². The molecule has 1 aliphatic carbocycles. The molecule has 0 heterocycles. The predicted octanol–water partition coefficient (Wildman–Crippen LogP) is 2.65. The summed E-state index contributed by atoms with van der Waals surface area (Å²) in [6.07, 6.45) is 5.18. The zero-order chi connectivity index (χ0) is 7.61. The summed E-state index contributed by atoms with van der Waals surface area (Å²) in [7, 11) is 0. The van der Waals surface area contributed by atoms with Crippen molar-refractivity contribution in [2.24, 2.45) is 5.41 Å². The van der Waals surface area contributed by atoms with Crippen LogP contribution in [0.2, 0.25) is 0 Å². The van der Waals surface area contributed by atoms with Crippen LogP contribution in [0, 0.1) is 16.7 Å². The maximum atomic E-state index is 8.37. The largest absolute Gasteiger partial charge is 0.193 e. The van der Waals surface area contributed by atoms with Gasteiger partial charge in [0, 0.05) is 6.08 Å². The molecule has 0 saturated heterocycles. The summed E-state index contributed by atoms with van der Waals surface area (Å²) < 4.78 is 0. The first-order chi connectivity index (χ1) is 4.64. The monoisotopic (exact) mass is 135 g/mol. The van der Waals surface area contributed by atoms with Crippen LogP contribution in [0.5, 0.6) is 0 Å². The van der Waals surface area contributed by atoms with E-state index in [1.165, 1.54) is 12.0 Å². The van der Waals surface area contributed by atoms with Crippen LogP contribution in [0.15, 0.2) is 11.6 Å². The second kappa shape index (κ2) is 2.46. The van der Waals surface area contributed by atoms with Crippen LogP contribution >= 0.6 is 0 Å². The number of rotatable bonds is 0. The number of hydrogen-bond acceptors (Lipinski definition) is 1. The van der Waals surface area contributed by atoms with Crippen LogP contribution in [0.4, 0.5) is 0 Å². The Kier molecular flexibility index (Phi) is 1.80. The summed E-state index contributed by atoms with van der Waals surface area (Å²) in [4.78, 5) is 0. The second-order valence-corrected chi connectivity index (χ2v) is 3.77. The van der Waals surface area contributed by atoms with Crippen molar-refractivity contribution in [2.45, 2.75) is 33.1 Å². The zero-order valence-electron chi connectivity index (χ0n) is 6.65. The summed E-state index contributed by atoms with van der Waals surface area (Å²) in [5.74, 6) is 0. The Hall–Kier alpha value is -0.770. The lowest BCUT2D eigenvalue weighted by Gasteiger charge is -2.13. The van der Waals surface area contributed by atoms with Crippen LogP contribution in [0.3, 0.4) is 0 Å². The quantitative estimate of drug-likeness (QED) is 0.468. The molecule has 1 saturated carbocycles. The van der Waals surface area contributed by atoms with E-state index in [1.54, 1.807) is 6.08 Å². The van der Waals surface area contributed by atoms with Gasteiger partial charge in [-0.05, 0) is 24.7 Å². The summed E-state index contributed by atoms with van der Waals surface area (Å²) in [5.41, 5.74) is 1.77. The van der Waals surface area contributed by atoms with E-state index >= 15 is 0 Å². The molecule has 0 bridgehead atoms. The van der Waals surface area contributed by atoms with Gasteiger partial charge in [0.1, 0.15) is 0 Å². The normalized spacial score (nSPS) is 26.7. The van der Waals surface area contributed by atoms with Crippen molar-refractivity contribution in [1.82, 2.24) is 0 Å². The lowest BCUT2D eigenvalue weighted by molar-refractivity contribution is 0.389. The highest BCUT2D eigenvalue weighted by atomic mass is 14.3. The van der Waals surface area contributed by atoms with Crippen LogP contribution in [0.1, 0.15) is 33.1 Å². The SMILES string of the molecule is CC1(C)CCC(=CC#N)C1. The molecule has 0 aromatic heterocycles. The molecule has 1 aliphatic rings. The third-order valence-electron chi connectivity index (χ3n) is 2.10. The topological polar surface area (TPSA) is 23.8 Å². The van der Waals surface area contributed by atoms with Crippen LogP contribution in [0.25, 0.3) is 0 Å². The molecule has 0 spiro atoms. The molecule has 54 valence electrons. The Morgan fingerprint density at radius 2 is 2.30 bits per heavy atom. The van der Waals surface area contributed by atoms with E-state index < -0.39 is 0 Å².